The van der Waals surface area contributed by atoms with Crippen molar-refractivity contribution in [2.24, 2.45) is 7.05 Å². The summed E-state index contributed by atoms with van der Waals surface area (Å²) in [5.74, 6) is 1.09. The van der Waals surface area contributed by atoms with E-state index in [0.717, 1.165) is 18.9 Å². The van der Waals surface area contributed by atoms with E-state index >= 15 is 0 Å². The zero-order valence-corrected chi connectivity index (χ0v) is 12.5. The molecule has 0 radical (unpaired) electrons. The summed E-state index contributed by atoms with van der Waals surface area (Å²) in [6.07, 6.45) is 2.65. The second kappa shape index (κ2) is 5.28. The molecule has 0 aliphatic carbocycles. The predicted molar refractivity (Wildman–Crippen MR) is 83.9 cm³/mol. The Hall–Kier alpha value is -1.65. The van der Waals surface area contributed by atoms with Gasteiger partial charge in [0.1, 0.15) is 5.82 Å². The Labute approximate surface area is 125 Å². The Morgan fingerprint density at radius 1 is 1.14 bits per heavy atom. The maximum atomic E-state index is 5.03. The van der Waals surface area contributed by atoms with Crippen LogP contribution >= 0.6 is 0 Å². The Balaban J connectivity index is 1.76. The van der Waals surface area contributed by atoms with E-state index in [1.54, 1.807) is 0 Å². The smallest absolute Gasteiger partial charge is 0.140 e. The highest BCUT2D eigenvalue weighted by atomic mass is 15.2. The molecule has 1 unspecified atom stereocenters. The van der Waals surface area contributed by atoms with E-state index < -0.39 is 0 Å². The van der Waals surface area contributed by atoms with Crippen molar-refractivity contribution in [1.82, 2.24) is 19.8 Å². The summed E-state index contributed by atoms with van der Waals surface area (Å²) in [6, 6.07) is 11.0. The van der Waals surface area contributed by atoms with Gasteiger partial charge in [-0.05, 0) is 25.9 Å². The third kappa shape index (κ3) is 2.19. The number of nitrogens with one attached hydrogen (secondary N) is 1. The first-order valence-electron chi connectivity index (χ1n) is 7.90. The van der Waals surface area contributed by atoms with Gasteiger partial charge in [-0.25, -0.2) is 4.98 Å². The minimum atomic E-state index is 0.444. The minimum Gasteiger partial charge on any atom is -0.330 e. The van der Waals surface area contributed by atoms with Crippen LogP contribution in [0.4, 0.5) is 0 Å². The van der Waals surface area contributed by atoms with Crippen molar-refractivity contribution in [2.75, 3.05) is 19.6 Å². The maximum absolute atomic E-state index is 5.03. The van der Waals surface area contributed by atoms with Crippen LogP contribution in [0.5, 0.6) is 0 Å². The second-order valence-corrected chi connectivity index (χ2v) is 6.08. The number of fused-ring (bicyclic) bond motifs is 1. The summed E-state index contributed by atoms with van der Waals surface area (Å²) in [7, 11) is 2.14. The number of aromatic nitrogens is 2. The van der Waals surface area contributed by atoms with Crippen molar-refractivity contribution in [2.45, 2.75) is 25.4 Å². The highest BCUT2D eigenvalue weighted by Crippen LogP contribution is 2.32. The highest BCUT2D eigenvalue weighted by Gasteiger charge is 2.31. The molecule has 0 bridgehead atoms. The molecule has 3 heterocycles. The van der Waals surface area contributed by atoms with Crippen LogP contribution < -0.4 is 5.32 Å². The van der Waals surface area contributed by atoms with Crippen LogP contribution in [0.1, 0.15) is 30.3 Å². The van der Waals surface area contributed by atoms with Crippen molar-refractivity contribution in [3.05, 3.63) is 41.7 Å². The largest absolute Gasteiger partial charge is 0.330 e. The Morgan fingerprint density at radius 2 is 1.90 bits per heavy atom. The maximum Gasteiger partial charge on any atom is 0.140 e. The number of imidazole rings is 1. The fraction of sp³-hybridized carbons (Fsp3) is 0.471. The average Bonchev–Trinajstić information content (AvgIpc) is 3.17. The summed E-state index contributed by atoms with van der Waals surface area (Å²) < 4.78 is 2.26. The van der Waals surface area contributed by atoms with Gasteiger partial charge in [-0.1, -0.05) is 30.3 Å². The molecule has 2 aromatic rings. The van der Waals surface area contributed by atoms with Crippen LogP contribution in [0.3, 0.4) is 0 Å². The zero-order chi connectivity index (χ0) is 14.2. The first-order chi connectivity index (χ1) is 10.3. The van der Waals surface area contributed by atoms with Crippen LogP contribution in [0.15, 0.2) is 30.3 Å². The predicted octanol–water partition coefficient (Wildman–Crippen LogP) is 2.33. The van der Waals surface area contributed by atoms with Gasteiger partial charge in [0.25, 0.3) is 0 Å². The molecule has 0 saturated carbocycles. The summed E-state index contributed by atoms with van der Waals surface area (Å²) in [5.41, 5.74) is 3.84. The van der Waals surface area contributed by atoms with Gasteiger partial charge in [-0.15, -0.1) is 0 Å². The molecule has 1 aromatic carbocycles. The lowest BCUT2D eigenvalue weighted by atomic mass is 10.1. The normalized spacial score (nSPS) is 22.4. The van der Waals surface area contributed by atoms with E-state index in [-0.39, 0.29) is 0 Å². The fourth-order valence-electron chi connectivity index (χ4n) is 3.65. The molecule has 4 nitrogen and oxygen atoms in total. The summed E-state index contributed by atoms with van der Waals surface area (Å²) in [5, 5.41) is 3.57. The van der Waals surface area contributed by atoms with E-state index in [1.807, 2.05) is 0 Å². The molecule has 2 aliphatic heterocycles. The molecule has 1 N–H and O–H groups in total. The van der Waals surface area contributed by atoms with E-state index in [0.29, 0.717) is 6.04 Å². The molecular formula is C17H22N4. The van der Waals surface area contributed by atoms with Crippen LogP contribution in [0, 0.1) is 0 Å². The second-order valence-electron chi connectivity index (χ2n) is 6.08. The Kier molecular flexibility index (Phi) is 3.28. The quantitative estimate of drug-likeness (QED) is 0.917. The van der Waals surface area contributed by atoms with Crippen LogP contribution in [-0.4, -0.2) is 34.1 Å². The number of likely N-dealkylation sites (tertiary alicyclic amines) is 1. The lowest BCUT2D eigenvalue weighted by Gasteiger charge is -2.30. The summed E-state index contributed by atoms with van der Waals surface area (Å²) in [4.78, 5) is 7.62. The highest BCUT2D eigenvalue weighted by molar-refractivity contribution is 5.57. The van der Waals surface area contributed by atoms with Crippen molar-refractivity contribution in [1.29, 1.82) is 0 Å². The summed E-state index contributed by atoms with van der Waals surface area (Å²) >= 11 is 0. The summed E-state index contributed by atoms with van der Waals surface area (Å²) in [6.45, 7) is 4.38. The van der Waals surface area contributed by atoms with Gasteiger partial charge in [0.05, 0.1) is 17.4 Å². The lowest BCUT2D eigenvalue weighted by molar-refractivity contribution is 0.223. The van der Waals surface area contributed by atoms with Gasteiger partial charge >= 0.3 is 0 Å². The molecule has 1 atom stereocenters. The molecule has 1 aromatic heterocycles. The zero-order valence-electron chi connectivity index (χ0n) is 12.5. The third-order valence-corrected chi connectivity index (χ3v) is 4.80. The minimum absolute atomic E-state index is 0.444. The number of hydrogen-bond acceptors (Lipinski definition) is 3. The van der Waals surface area contributed by atoms with Gasteiger partial charge in [-0.3, -0.25) is 4.90 Å². The first-order valence-corrected chi connectivity index (χ1v) is 7.90. The standard InChI is InChI=1S/C17H22N4/c1-20-14-11-18-12-15(21-9-5-6-10-21)16(14)19-17(20)13-7-3-2-4-8-13/h2-4,7-8,15,18H,5-6,9-12H2,1H3. The van der Waals surface area contributed by atoms with Crippen LogP contribution in [0.2, 0.25) is 0 Å². The van der Waals surface area contributed by atoms with Gasteiger partial charge in [0.2, 0.25) is 0 Å². The Morgan fingerprint density at radius 3 is 2.67 bits per heavy atom. The van der Waals surface area contributed by atoms with E-state index in [1.165, 1.54) is 42.9 Å². The lowest BCUT2D eigenvalue weighted by Crippen LogP contribution is -2.38. The molecule has 0 spiro atoms. The number of benzene rings is 1. The molecule has 21 heavy (non-hydrogen) atoms. The molecular weight excluding hydrogens is 260 g/mol. The van der Waals surface area contributed by atoms with Gasteiger partial charge in [-0.2, -0.15) is 0 Å². The molecule has 4 heteroatoms. The van der Waals surface area contributed by atoms with Gasteiger partial charge < -0.3 is 9.88 Å². The monoisotopic (exact) mass is 282 g/mol. The van der Waals surface area contributed by atoms with Crippen LogP contribution in [0.25, 0.3) is 11.4 Å². The molecule has 0 amide bonds. The fourth-order valence-corrected chi connectivity index (χ4v) is 3.65. The average molecular weight is 282 g/mol. The Bertz CT molecular complexity index is 626. The van der Waals surface area contributed by atoms with E-state index in [9.17, 15) is 0 Å². The number of nitrogens with zero attached hydrogens (tertiary/aromatic N) is 3. The van der Waals surface area contributed by atoms with Gasteiger partial charge in [0, 0.05) is 25.7 Å². The van der Waals surface area contributed by atoms with E-state index in [4.69, 9.17) is 4.98 Å². The van der Waals surface area contributed by atoms with Crippen molar-refractivity contribution in [3.8, 4) is 11.4 Å². The van der Waals surface area contributed by atoms with Crippen molar-refractivity contribution >= 4 is 0 Å². The topological polar surface area (TPSA) is 33.1 Å². The molecule has 1 fully saturated rings. The molecule has 110 valence electrons. The van der Waals surface area contributed by atoms with Crippen LogP contribution in [-0.2, 0) is 13.6 Å². The van der Waals surface area contributed by atoms with Crippen molar-refractivity contribution in [3.63, 3.8) is 0 Å². The number of hydrogen-bond donors (Lipinski definition) is 1. The van der Waals surface area contributed by atoms with Crippen molar-refractivity contribution < 1.29 is 0 Å². The number of rotatable bonds is 2. The van der Waals surface area contributed by atoms with Gasteiger partial charge in [0.15, 0.2) is 0 Å². The first kappa shape index (κ1) is 13.0. The molecule has 1 saturated heterocycles. The van der Waals surface area contributed by atoms with E-state index in [2.05, 4.69) is 52.2 Å². The third-order valence-electron chi connectivity index (χ3n) is 4.80. The molecule has 4 rings (SSSR count). The SMILES string of the molecule is Cn1c(-c2ccccc2)nc2c1CNCC2N1CCCC1. The molecule has 2 aliphatic rings.